The fraction of sp³-hybridized carbons (Fsp3) is 0.571. The van der Waals surface area contributed by atoms with Crippen LogP contribution in [0.4, 0.5) is 4.39 Å². The third-order valence-corrected chi connectivity index (χ3v) is 2.90. The minimum absolute atomic E-state index is 0.0260. The molecular weight excluding hydrogens is 217 g/mol. The van der Waals surface area contributed by atoms with Gasteiger partial charge in [-0.25, -0.2) is 4.39 Å². The molecule has 0 heterocycles. The second-order valence-corrected chi connectivity index (χ2v) is 4.45. The Kier molecular flexibility index (Phi) is 5.59. The van der Waals surface area contributed by atoms with Gasteiger partial charge in [-0.05, 0) is 26.0 Å². The maximum absolute atomic E-state index is 13.8. The lowest BCUT2D eigenvalue weighted by molar-refractivity contribution is 0.00381. The summed E-state index contributed by atoms with van der Waals surface area (Å²) in [6.45, 7) is 6.77. The molecule has 17 heavy (non-hydrogen) atoms. The molecule has 0 aliphatic heterocycles. The van der Waals surface area contributed by atoms with Gasteiger partial charge in [-0.3, -0.25) is 0 Å². The number of ether oxygens (including phenoxy) is 1. The first-order chi connectivity index (χ1) is 8.11. The molecule has 2 atom stereocenters. The zero-order valence-corrected chi connectivity index (χ0v) is 11.0. The molecule has 1 rings (SSSR count). The van der Waals surface area contributed by atoms with Gasteiger partial charge in [0.25, 0.3) is 0 Å². The van der Waals surface area contributed by atoms with E-state index in [2.05, 4.69) is 19.2 Å². The van der Waals surface area contributed by atoms with Crippen LogP contribution in [-0.2, 0) is 4.74 Å². The fourth-order valence-electron chi connectivity index (χ4n) is 2.09. The number of nitrogens with one attached hydrogen (secondary N) is 1. The molecule has 0 aliphatic carbocycles. The average Bonchev–Trinajstić information content (AvgIpc) is 2.31. The van der Waals surface area contributed by atoms with Crippen molar-refractivity contribution in [3.63, 3.8) is 0 Å². The predicted molar refractivity (Wildman–Crippen MR) is 68.5 cm³/mol. The van der Waals surface area contributed by atoms with Crippen molar-refractivity contribution in [3.05, 3.63) is 35.6 Å². The molecule has 1 aromatic rings. The van der Waals surface area contributed by atoms with Crippen molar-refractivity contribution < 1.29 is 9.13 Å². The summed E-state index contributed by atoms with van der Waals surface area (Å²) in [5, 5.41) is 3.16. The molecule has 0 saturated carbocycles. The van der Waals surface area contributed by atoms with E-state index in [1.165, 1.54) is 6.07 Å². The van der Waals surface area contributed by atoms with Gasteiger partial charge in [-0.1, -0.05) is 32.0 Å². The van der Waals surface area contributed by atoms with Crippen LogP contribution in [0.2, 0.25) is 0 Å². The summed E-state index contributed by atoms with van der Waals surface area (Å²) < 4.78 is 19.5. The normalized spacial score (nSPS) is 14.9. The minimum Gasteiger partial charge on any atom is -0.376 e. The number of halogens is 1. The number of rotatable bonds is 6. The Morgan fingerprint density at radius 3 is 2.41 bits per heavy atom. The van der Waals surface area contributed by atoms with Crippen LogP contribution in [-0.4, -0.2) is 19.8 Å². The molecule has 0 bridgehead atoms. The van der Waals surface area contributed by atoms with Gasteiger partial charge in [0.15, 0.2) is 0 Å². The molecule has 0 saturated heterocycles. The highest BCUT2D eigenvalue weighted by Crippen LogP contribution is 2.26. The van der Waals surface area contributed by atoms with Crippen molar-refractivity contribution in [3.8, 4) is 0 Å². The maximum atomic E-state index is 13.8. The van der Waals surface area contributed by atoms with E-state index >= 15 is 0 Å². The standard InChI is InChI=1S/C14H22FNO/c1-5-17-14(10(2)3)13(16-4)11-8-6-7-9-12(11)15/h6-10,13-14,16H,5H2,1-4H3. The first kappa shape index (κ1) is 14.1. The van der Waals surface area contributed by atoms with E-state index < -0.39 is 0 Å². The summed E-state index contributed by atoms with van der Waals surface area (Å²) in [4.78, 5) is 0. The molecule has 0 amide bonds. The molecule has 0 aromatic heterocycles. The molecule has 0 spiro atoms. The minimum atomic E-state index is -0.183. The average molecular weight is 239 g/mol. The Hall–Kier alpha value is -0.930. The van der Waals surface area contributed by atoms with Crippen molar-refractivity contribution in [1.29, 1.82) is 0 Å². The van der Waals surface area contributed by atoms with Crippen molar-refractivity contribution >= 4 is 0 Å². The molecule has 2 nitrogen and oxygen atoms in total. The largest absolute Gasteiger partial charge is 0.376 e. The lowest BCUT2D eigenvalue weighted by Gasteiger charge is -2.30. The molecule has 2 unspecified atom stereocenters. The highest BCUT2D eigenvalue weighted by atomic mass is 19.1. The van der Waals surface area contributed by atoms with Crippen molar-refractivity contribution in [2.45, 2.75) is 32.9 Å². The first-order valence-electron chi connectivity index (χ1n) is 6.15. The number of hydrogen-bond acceptors (Lipinski definition) is 2. The molecule has 96 valence electrons. The Bertz CT molecular complexity index is 341. The molecule has 0 fully saturated rings. The van der Waals surface area contributed by atoms with Gasteiger partial charge in [0, 0.05) is 12.2 Å². The highest BCUT2D eigenvalue weighted by molar-refractivity contribution is 5.22. The lowest BCUT2D eigenvalue weighted by atomic mass is 9.93. The molecule has 1 N–H and O–H groups in total. The Morgan fingerprint density at radius 2 is 1.94 bits per heavy atom. The van der Waals surface area contributed by atoms with E-state index in [9.17, 15) is 4.39 Å². The van der Waals surface area contributed by atoms with Crippen molar-refractivity contribution in [2.24, 2.45) is 5.92 Å². The summed E-state index contributed by atoms with van der Waals surface area (Å²) in [5.74, 6) is 0.143. The number of hydrogen-bond donors (Lipinski definition) is 1. The predicted octanol–water partition coefficient (Wildman–Crippen LogP) is 3.15. The van der Waals surface area contributed by atoms with Gasteiger partial charge in [0.1, 0.15) is 5.82 Å². The van der Waals surface area contributed by atoms with Gasteiger partial charge in [-0.15, -0.1) is 0 Å². The van der Waals surface area contributed by atoms with Crippen LogP contribution in [0.5, 0.6) is 0 Å². The molecule has 3 heteroatoms. The van der Waals surface area contributed by atoms with Crippen LogP contribution in [0, 0.1) is 11.7 Å². The van der Waals surface area contributed by atoms with Gasteiger partial charge < -0.3 is 10.1 Å². The van der Waals surface area contributed by atoms with Crippen molar-refractivity contribution in [2.75, 3.05) is 13.7 Å². The third-order valence-electron chi connectivity index (χ3n) is 2.90. The topological polar surface area (TPSA) is 21.3 Å². The Labute approximate surface area is 103 Å². The molecule has 1 aromatic carbocycles. The van der Waals surface area contributed by atoms with Crippen LogP contribution in [0.15, 0.2) is 24.3 Å². The highest BCUT2D eigenvalue weighted by Gasteiger charge is 2.27. The van der Waals surface area contributed by atoms with Crippen LogP contribution >= 0.6 is 0 Å². The summed E-state index contributed by atoms with van der Waals surface area (Å²) in [5.41, 5.74) is 0.669. The summed E-state index contributed by atoms with van der Waals surface area (Å²) in [6, 6.07) is 6.74. The SMILES string of the molecule is CCOC(C(C)C)C(NC)c1ccccc1F. The lowest BCUT2D eigenvalue weighted by Crippen LogP contribution is -2.36. The third kappa shape index (κ3) is 3.51. The number of likely N-dealkylation sites (N-methyl/N-ethyl adjacent to an activating group) is 1. The zero-order valence-electron chi connectivity index (χ0n) is 11.0. The van der Waals surface area contributed by atoms with E-state index in [4.69, 9.17) is 4.74 Å². The van der Waals surface area contributed by atoms with Gasteiger partial charge >= 0.3 is 0 Å². The quantitative estimate of drug-likeness (QED) is 0.823. The van der Waals surface area contributed by atoms with Crippen molar-refractivity contribution in [1.82, 2.24) is 5.32 Å². The second-order valence-electron chi connectivity index (χ2n) is 4.45. The second kappa shape index (κ2) is 6.72. The first-order valence-corrected chi connectivity index (χ1v) is 6.15. The monoisotopic (exact) mass is 239 g/mol. The van der Waals surface area contributed by atoms with E-state index in [1.54, 1.807) is 6.07 Å². The summed E-state index contributed by atoms with van der Waals surface area (Å²) >= 11 is 0. The Balaban J connectivity index is 3.00. The zero-order chi connectivity index (χ0) is 12.8. The summed E-state index contributed by atoms with van der Waals surface area (Å²) in [6.07, 6.45) is -0.0260. The van der Waals surface area contributed by atoms with Crippen LogP contribution < -0.4 is 5.32 Å². The van der Waals surface area contributed by atoms with Gasteiger partial charge in [-0.2, -0.15) is 0 Å². The van der Waals surface area contributed by atoms with E-state index in [1.807, 2.05) is 26.1 Å². The fourth-order valence-corrected chi connectivity index (χ4v) is 2.09. The molecule has 0 aliphatic rings. The van der Waals surface area contributed by atoms with Gasteiger partial charge in [0.05, 0.1) is 12.1 Å². The van der Waals surface area contributed by atoms with E-state index in [-0.39, 0.29) is 18.0 Å². The van der Waals surface area contributed by atoms with E-state index in [0.29, 0.717) is 18.1 Å². The van der Waals surface area contributed by atoms with Gasteiger partial charge in [0.2, 0.25) is 0 Å². The molecule has 0 radical (unpaired) electrons. The summed E-state index contributed by atoms with van der Waals surface area (Å²) in [7, 11) is 1.84. The van der Waals surface area contributed by atoms with Crippen LogP contribution in [0.1, 0.15) is 32.4 Å². The van der Waals surface area contributed by atoms with Crippen LogP contribution in [0.25, 0.3) is 0 Å². The number of benzene rings is 1. The molecular formula is C14H22FNO. The smallest absolute Gasteiger partial charge is 0.128 e. The van der Waals surface area contributed by atoms with Crippen LogP contribution in [0.3, 0.4) is 0 Å². The maximum Gasteiger partial charge on any atom is 0.128 e. The Morgan fingerprint density at radius 1 is 1.29 bits per heavy atom. The van der Waals surface area contributed by atoms with E-state index in [0.717, 1.165) is 0 Å².